The van der Waals surface area contributed by atoms with Crippen LogP contribution >= 0.6 is 7.26 Å². The first-order valence-electron chi connectivity index (χ1n) is 9.96. The summed E-state index contributed by atoms with van der Waals surface area (Å²) in [5, 5.41) is 13.4. The fourth-order valence-corrected chi connectivity index (χ4v) is 9.05. The summed E-state index contributed by atoms with van der Waals surface area (Å²) in [5.74, 6) is 0. The predicted octanol–water partition coefficient (Wildman–Crippen LogP) is 4.79. The van der Waals surface area contributed by atoms with E-state index in [0.717, 1.165) is 17.4 Å². The van der Waals surface area contributed by atoms with E-state index in [4.69, 9.17) is 5.10 Å². The molecule has 142 valence electrons. The molecule has 0 atom stereocenters. The van der Waals surface area contributed by atoms with Gasteiger partial charge in [0.15, 0.2) is 0 Å². The maximum absolute atomic E-state index is 4.77. The van der Waals surface area contributed by atoms with Gasteiger partial charge in [-0.15, -0.1) is 0 Å². The van der Waals surface area contributed by atoms with Gasteiger partial charge in [0.2, 0.25) is 0 Å². The monoisotopic (exact) mass is 394 g/mol. The second kappa shape index (κ2) is 7.66. The normalized spacial score (nSPS) is 12.1. The Balaban J connectivity index is 1.80. The molecule has 5 aromatic rings. The first-order valence-corrected chi connectivity index (χ1v) is 12.2. The van der Waals surface area contributed by atoms with Crippen molar-refractivity contribution in [1.82, 2.24) is 10.2 Å². The first kappa shape index (κ1) is 17.8. The SMILES string of the molecule is c1ccc([PH](Cc2n[nH]c3ccccc23)(c2ccccc2)c2ccccc2)cc1. The van der Waals surface area contributed by atoms with Gasteiger partial charge in [-0.1, -0.05) is 0 Å². The number of hydrogen-bond acceptors (Lipinski definition) is 1. The summed E-state index contributed by atoms with van der Waals surface area (Å²) >= 11 is 0. The van der Waals surface area contributed by atoms with Gasteiger partial charge < -0.3 is 0 Å². The average Bonchev–Trinajstić information content (AvgIpc) is 3.22. The van der Waals surface area contributed by atoms with Gasteiger partial charge >= 0.3 is 171 Å². The molecule has 0 amide bonds. The molecule has 0 spiro atoms. The van der Waals surface area contributed by atoms with E-state index in [1.165, 1.54) is 21.3 Å². The summed E-state index contributed by atoms with van der Waals surface area (Å²) < 4.78 is 0. The van der Waals surface area contributed by atoms with E-state index >= 15 is 0 Å². The zero-order valence-electron chi connectivity index (χ0n) is 16.1. The Morgan fingerprint density at radius 2 is 1.00 bits per heavy atom. The molecule has 1 aromatic heterocycles. The van der Waals surface area contributed by atoms with Gasteiger partial charge in [-0.2, -0.15) is 0 Å². The molecule has 0 saturated heterocycles. The molecule has 0 aliphatic rings. The van der Waals surface area contributed by atoms with Crippen LogP contribution in [-0.4, -0.2) is 10.2 Å². The number of aromatic amines is 1. The number of para-hydroxylation sites is 1. The van der Waals surface area contributed by atoms with Gasteiger partial charge in [0, 0.05) is 0 Å². The van der Waals surface area contributed by atoms with E-state index in [0.29, 0.717) is 0 Å². The molecule has 0 fully saturated rings. The van der Waals surface area contributed by atoms with Gasteiger partial charge in [-0.25, -0.2) is 0 Å². The van der Waals surface area contributed by atoms with Crippen LogP contribution in [0.4, 0.5) is 0 Å². The van der Waals surface area contributed by atoms with Crippen LogP contribution in [-0.2, 0) is 6.16 Å². The van der Waals surface area contributed by atoms with Crippen LogP contribution in [0.5, 0.6) is 0 Å². The summed E-state index contributed by atoms with van der Waals surface area (Å²) in [6, 6.07) is 41.4. The molecule has 5 rings (SSSR count). The average molecular weight is 394 g/mol. The fourth-order valence-electron chi connectivity index (χ4n) is 4.38. The molecule has 4 aromatic carbocycles. The third-order valence-electron chi connectivity index (χ3n) is 5.78. The molecule has 0 unspecified atom stereocenters. The zero-order chi connectivity index (χ0) is 19.5. The summed E-state index contributed by atoms with van der Waals surface area (Å²) in [4.78, 5) is 0. The molecule has 3 heteroatoms. The Kier molecular flexibility index (Phi) is 4.71. The first-order chi connectivity index (χ1) is 14.4. The third kappa shape index (κ3) is 3.16. The summed E-state index contributed by atoms with van der Waals surface area (Å²) in [7, 11) is -2.33. The molecule has 2 nitrogen and oxygen atoms in total. The van der Waals surface area contributed by atoms with Crippen molar-refractivity contribution in [2.24, 2.45) is 0 Å². The van der Waals surface area contributed by atoms with Crippen molar-refractivity contribution in [1.29, 1.82) is 0 Å². The number of H-pyrrole nitrogens is 1. The van der Waals surface area contributed by atoms with Crippen LogP contribution in [0.15, 0.2) is 115 Å². The minimum absolute atomic E-state index is 0.912. The van der Waals surface area contributed by atoms with E-state index in [9.17, 15) is 0 Å². The summed E-state index contributed by atoms with van der Waals surface area (Å²) in [6.07, 6.45) is 0.912. The molecule has 1 heterocycles. The van der Waals surface area contributed by atoms with E-state index < -0.39 is 7.26 Å². The van der Waals surface area contributed by atoms with Crippen molar-refractivity contribution in [3.05, 3.63) is 121 Å². The molecule has 0 aliphatic heterocycles. The van der Waals surface area contributed by atoms with Crippen molar-refractivity contribution in [2.75, 3.05) is 0 Å². The standard InChI is InChI=1S/C26H23N2P/c1-4-12-21(13-5-1)29(22-14-6-2-7-15-22,23-16-8-3-9-17-23)20-26-24-18-10-11-19-25(24)27-28-26/h1-19,29H,20H2,(H,27,28). The van der Waals surface area contributed by atoms with Crippen LogP contribution in [0.3, 0.4) is 0 Å². The third-order valence-corrected chi connectivity index (χ3v) is 10.6. The van der Waals surface area contributed by atoms with Crippen molar-refractivity contribution >= 4 is 34.1 Å². The molecule has 0 aliphatic carbocycles. The molecule has 29 heavy (non-hydrogen) atoms. The topological polar surface area (TPSA) is 28.7 Å². The van der Waals surface area contributed by atoms with Crippen LogP contribution in [0.2, 0.25) is 0 Å². The molecule has 0 bridgehead atoms. The Bertz CT molecular complexity index is 1120. The van der Waals surface area contributed by atoms with Gasteiger partial charge in [0.05, 0.1) is 0 Å². The van der Waals surface area contributed by atoms with Crippen molar-refractivity contribution in [3.8, 4) is 0 Å². The fraction of sp³-hybridized carbons (Fsp3) is 0.0385. The number of rotatable bonds is 5. The van der Waals surface area contributed by atoms with Crippen molar-refractivity contribution in [3.63, 3.8) is 0 Å². The predicted molar refractivity (Wildman–Crippen MR) is 126 cm³/mol. The number of nitrogens with zero attached hydrogens (tertiary/aromatic N) is 1. The number of nitrogens with one attached hydrogen (secondary N) is 1. The second-order valence-corrected chi connectivity index (χ2v) is 11.3. The molecular weight excluding hydrogens is 371 g/mol. The Hall–Kier alpha value is -3.22. The summed E-state index contributed by atoms with van der Waals surface area (Å²) in [6.45, 7) is 0. The Morgan fingerprint density at radius 1 is 0.552 bits per heavy atom. The number of aromatic nitrogens is 2. The number of hydrogen-bond donors (Lipinski definition) is 1. The van der Waals surface area contributed by atoms with Crippen molar-refractivity contribution < 1.29 is 0 Å². The number of benzene rings is 4. The summed E-state index contributed by atoms with van der Waals surface area (Å²) in [5.41, 5.74) is 2.24. The van der Waals surface area contributed by atoms with E-state index in [2.05, 4.69) is 120 Å². The Morgan fingerprint density at radius 3 is 1.52 bits per heavy atom. The van der Waals surface area contributed by atoms with Crippen LogP contribution < -0.4 is 15.9 Å². The van der Waals surface area contributed by atoms with E-state index in [1.54, 1.807) is 0 Å². The van der Waals surface area contributed by atoms with Gasteiger partial charge in [-0.05, 0) is 0 Å². The molecule has 1 N–H and O–H groups in total. The van der Waals surface area contributed by atoms with Crippen LogP contribution in [0.1, 0.15) is 5.69 Å². The maximum atomic E-state index is 4.77. The molecular formula is C26H23N2P. The van der Waals surface area contributed by atoms with Gasteiger partial charge in [-0.3, -0.25) is 0 Å². The molecule has 0 radical (unpaired) electrons. The Labute approximate surface area is 171 Å². The van der Waals surface area contributed by atoms with Crippen LogP contribution in [0, 0.1) is 0 Å². The van der Waals surface area contributed by atoms with E-state index in [1.807, 2.05) is 0 Å². The van der Waals surface area contributed by atoms with Crippen LogP contribution in [0.25, 0.3) is 10.9 Å². The molecule has 0 saturated carbocycles. The van der Waals surface area contributed by atoms with Gasteiger partial charge in [0.1, 0.15) is 0 Å². The van der Waals surface area contributed by atoms with Crippen molar-refractivity contribution in [2.45, 2.75) is 6.16 Å². The van der Waals surface area contributed by atoms with Gasteiger partial charge in [0.25, 0.3) is 0 Å². The minimum atomic E-state index is -2.33. The zero-order valence-corrected chi connectivity index (χ0v) is 17.1. The second-order valence-electron chi connectivity index (χ2n) is 7.40. The quantitative estimate of drug-likeness (QED) is 0.427. The van der Waals surface area contributed by atoms with E-state index in [-0.39, 0.29) is 0 Å². The number of fused-ring (bicyclic) bond motifs is 1.